The molecule has 1 fully saturated rings. The van der Waals surface area contributed by atoms with E-state index in [1.54, 1.807) is 11.8 Å². The molecule has 1 saturated heterocycles. The quantitative estimate of drug-likeness (QED) is 0.172. The maximum Gasteiger partial charge on any atom is 0.416 e. The average molecular weight is 741 g/mol. The minimum atomic E-state index is -5.11. The number of piperazine rings is 1. The van der Waals surface area contributed by atoms with E-state index in [-0.39, 0.29) is 42.9 Å². The highest BCUT2D eigenvalue weighted by Gasteiger charge is 2.40. The number of amides is 1. The van der Waals surface area contributed by atoms with Gasteiger partial charge in [-0.3, -0.25) is 19.3 Å². The molecule has 2 aromatic carbocycles. The molecule has 0 saturated carbocycles. The Morgan fingerprint density at radius 3 is 2.12 bits per heavy atom. The van der Waals surface area contributed by atoms with Crippen molar-refractivity contribution in [3.63, 3.8) is 0 Å². The van der Waals surface area contributed by atoms with Gasteiger partial charge >= 0.3 is 18.3 Å². The Labute approximate surface area is 293 Å². The number of alkyl halides is 6. The Balaban J connectivity index is 1.73. The molecule has 2 heterocycles. The normalized spacial score (nSPS) is 15.7. The lowest BCUT2D eigenvalue weighted by Gasteiger charge is -2.40. The van der Waals surface area contributed by atoms with Crippen LogP contribution in [0.4, 0.5) is 36.4 Å². The van der Waals surface area contributed by atoms with Crippen molar-refractivity contribution in [2.45, 2.75) is 65.0 Å². The second-order valence-corrected chi connectivity index (χ2v) is 13.9. The van der Waals surface area contributed by atoms with Crippen LogP contribution in [0.5, 0.6) is 0 Å². The second-order valence-electron chi connectivity index (χ2n) is 12.8. The molecule has 0 bridgehead atoms. The van der Waals surface area contributed by atoms with E-state index in [9.17, 15) is 50.4 Å². The van der Waals surface area contributed by atoms with Gasteiger partial charge in [0.05, 0.1) is 45.3 Å². The summed E-state index contributed by atoms with van der Waals surface area (Å²) in [5, 5.41) is 13.3. The summed E-state index contributed by atoms with van der Waals surface area (Å²) in [7, 11) is 0. The summed E-state index contributed by atoms with van der Waals surface area (Å²) < 4.78 is 101. The third kappa shape index (κ3) is 9.06. The van der Waals surface area contributed by atoms with Gasteiger partial charge in [-0.25, -0.2) is 4.39 Å². The van der Waals surface area contributed by atoms with Gasteiger partial charge in [-0.1, -0.05) is 6.07 Å². The number of halogens is 7. The number of Topliss-reactive ketones (excluding diaryl/α,β-unsaturated/α-hetero) is 1. The molecule has 0 radical (unpaired) electrons. The first-order valence-corrected chi connectivity index (χ1v) is 16.5. The summed E-state index contributed by atoms with van der Waals surface area (Å²) in [6, 6.07) is 6.73. The van der Waals surface area contributed by atoms with Crippen LogP contribution in [0.1, 0.15) is 60.4 Å². The Hall–Kier alpha value is -4.49. The van der Waals surface area contributed by atoms with E-state index >= 15 is 0 Å². The predicted octanol–water partition coefficient (Wildman–Crippen LogP) is 7.33. The fourth-order valence-corrected chi connectivity index (χ4v) is 7.10. The molecular weight excluding hydrogens is 705 g/mol. The number of esters is 1. The van der Waals surface area contributed by atoms with Crippen molar-refractivity contribution in [1.29, 1.82) is 5.26 Å². The van der Waals surface area contributed by atoms with Crippen molar-refractivity contribution in [1.82, 2.24) is 9.80 Å². The summed E-state index contributed by atoms with van der Waals surface area (Å²) in [6.07, 6.45) is -10.2. The van der Waals surface area contributed by atoms with Gasteiger partial charge in [0, 0.05) is 44.9 Å². The van der Waals surface area contributed by atoms with E-state index in [2.05, 4.69) is 11.4 Å². The Morgan fingerprint density at radius 2 is 1.59 bits per heavy atom. The fourth-order valence-electron chi connectivity index (χ4n) is 5.76. The van der Waals surface area contributed by atoms with Gasteiger partial charge < -0.3 is 15.0 Å². The van der Waals surface area contributed by atoms with Crippen molar-refractivity contribution < 1.29 is 49.9 Å². The smallest absolute Gasteiger partial charge is 0.416 e. The molecule has 1 amide bonds. The van der Waals surface area contributed by atoms with Crippen LogP contribution < -0.4 is 5.32 Å². The first kappa shape index (κ1) is 39.3. The van der Waals surface area contributed by atoms with E-state index in [1.807, 2.05) is 4.90 Å². The third-order valence-electron chi connectivity index (χ3n) is 8.83. The zero-order chi connectivity index (χ0) is 38.1. The number of ether oxygens (including phenoxy) is 1. The maximum absolute atomic E-state index is 14.1. The van der Waals surface area contributed by atoms with Crippen LogP contribution in [0.25, 0.3) is 10.4 Å². The van der Waals surface area contributed by atoms with Crippen LogP contribution in [0.3, 0.4) is 0 Å². The molecule has 0 aliphatic carbocycles. The number of thiophene rings is 1. The van der Waals surface area contributed by atoms with Crippen molar-refractivity contribution in [3.05, 3.63) is 74.9 Å². The number of hydrogen-bond donors (Lipinski definition) is 1. The van der Waals surface area contributed by atoms with Crippen molar-refractivity contribution in [3.8, 4) is 16.5 Å². The second kappa shape index (κ2) is 15.0. The molecule has 1 N–H and O–H groups in total. The number of ketones is 1. The zero-order valence-corrected chi connectivity index (χ0v) is 29.1. The fraction of sp³-hybridized carbons (Fsp3) is 0.429. The minimum Gasteiger partial charge on any atom is -0.464 e. The molecule has 3 aromatic rings. The van der Waals surface area contributed by atoms with Crippen LogP contribution in [-0.2, 0) is 43.4 Å². The topological polar surface area (TPSA) is 103 Å². The highest BCUT2D eigenvalue weighted by Crippen LogP contribution is 2.44. The van der Waals surface area contributed by atoms with Crippen molar-refractivity contribution >= 4 is 34.7 Å². The summed E-state index contributed by atoms with van der Waals surface area (Å²) in [6.45, 7) is 7.26. The Kier molecular flexibility index (Phi) is 11.6. The van der Waals surface area contributed by atoms with Crippen LogP contribution in [0, 0.1) is 24.1 Å². The predicted molar refractivity (Wildman–Crippen MR) is 175 cm³/mol. The van der Waals surface area contributed by atoms with Gasteiger partial charge in [-0.15, -0.1) is 11.3 Å². The third-order valence-corrected chi connectivity index (χ3v) is 10.0. The molecule has 1 unspecified atom stereocenters. The minimum absolute atomic E-state index is 0.0114. The van der Waals surface area contributed by atoms with E-state index in [0.29, 0.717) is 46.1 Å². The van der Waals surface area contributed by atoms with Crippen LogP contribution >= 0.6 is 11.3 Å². The first-order valence-electron chi connectivity index (χ1n) is 15.7. The number of aryl methyl sites for hydroxylation is 1. The summed E-state index contributed by atoms with van der Waals surface area (Å²) >= 11 is 1.18. The number of nitrogens with zero attached hydrogens (tertiary/aromatic N) is 3. The van der Waals surface area contributed by atoms with E-state index in [0.717, 1.165) is 0 Å². The van der Waals surface area contributed by atoms with Crippen LogP contribution in [-0.4, -0.2) is 66.3 Å². The molecule has 4 rings (SSSR count). The van der Waals surface area contributed by atoms with Gasteiger partial charge in [0.2, 0.25) is 5.91 Å². The first-order chi connectivity index (χ1) is 23.6. The van der Waals surface area contributed by atoms with Crippen molar-refractivity contribution in [2.75, 3.05) is 38.1 Å². The zero-order valence-electron chi connectivity index (χ0n) is 28.3. The van der Waals surface area contributed by atoms with E-state index in [1.165, 1.54) is 57.2 Å². The lowest BCUT2D eigenvalue weighted by molar-refractivity contribution is -0.145. The average Bonchev–Trinajstić information content (AvgIpc) is 3.38. The Morgan fingerprint density at radius 1 is 0.980 bits per heavy atom. The lowest BCUT2D eigenvalue weighted by Crippen LogP contribution is -2.55. The standard InChI is InChI=1S/C35H35F7N4O4S/c1-19-10-25(36)6-7-27(19)32-31(28(14-43)29(51-32)17-46-9-8-45(20(2)47)16-26(46)18-50-21(3)48)44-15-30(49)33(4,5)22-11-23(34(37,38)39)13-24(12-22)35(40,41)42/h6-7,10-13,26,44H,8-9,15-18H2,1-5H3. The number of nitriles is 1. The molecule has 1 aromatic heterocycles. The number of carbonyl (C=O) groups is 3. The summed E-state index contributed by atoms with van der Waals surface area (Å²) in [5.74, 6) is -1.97. The lowest BCUT2D eigenvalue weighted by atomic mass is 9.79. The van der Waals surface area contributed by atoms with E-state index in [4.69, 9.17) is 4.74 Å². The number of anilines is 1. The van der Waals surface area contributed by atoms with Gasteiger partial charge in [-0.05, 0) is 67.8 Å². The number of carbonyl (C=O) groups excluding carboxylic acids is 3. The van der Waals surface area contributed by atoms with Crippen molar-refractivity contribution in [2.24, 2.45) is 0 Å². The molecular formula is C35H35F7N4O4S. The maximum atomic E-state index is 14.1. The van der Waals surface area contributed by atoms with Gasteiger partial charge in [0.15, 0.2) is 5.78 Å². The van der Waals surface area contributed by atoms with Crippen LogP contribution in [0.2, 0.25) is 0 Å². The molecule has 51 heavy (non-hydrogen) atoms. The number of rotatable bonds is 10. The SMILES string of the molecule is CC(=O)OCC1CN(C(C)=O)CCN1Cc1sc(-c2ccc(F)cc2C)c(NCC(=O)C(C)(C)c2cc(C(F)(F)F)cc(C(F)(F)F)c2)c1C#N. The Bertz CT molecular complexity index is 1830. The molecule has 1 aliphatic rings. The molecule has 1 aliphatic heterocycles. The van der Waals surface area contributed by atoms with Crippen LogP contribution in [0.15, 0.2) is 36.4 Å². The molecule has 274 valence electrons. The largest absolute Gasteiger partial charge is 0.464 e. The molecule has 0 spiro atoms. The summed E-state index contributed by atoms with van der Waals surface area (Å²) in [5.41, 5.74) is -4.15. The van der Waals surface area contributed by atoms with Gasteiger partial charge in [-0.2, -0.15) is 31.6 Å². The monoisotopic (exact) mass is 740 g/mol. The van der Waals surface area contributed by atoms with Gasteiger partial charge in [0.25, 0.3) is 0 Å². The molecule has 1 atom stereocenters. The number of hydrogen-bond acceptors (Lipinski definition) is 8. The number of benzene rings is 2. The molecule has 8 nitrogen and oxygen atoms in total. The molecule has 16 heteroatoms. The van der Waals surface area contributed by atoms with E-state index < -0.39 is 64.6 Å². The highest BCUT2D eigenvalue weighted by atomic mass is 32.1. The summed E-state index contributed by atoms with van der Waals surface area (Å²) in [4.78, 5) is 41.9. The van der Waals surface area contributed by atoms with Gasteiger partial charge in [0.1, 0.15) is 18.5 Å². The highest BCUT2D eigenvalue weighted by molar-refractivity contribution is 7.16. The number of nitrogens with one attached hydrogen (secondary N) is 1.